The molecule has 2 aliphatic heterocycles. The Balaban J connectivity index is 1.49. The fourth-order valence-corrected chi connectivity index (χ4v) is 5.10. The van der Waals surface area contributed by atoms with Gasteiger partial charge < -0.3 is 15.0 Å². The van der Waals surface area contributed by atoms with Crippen molar-refractivity contribution in [2.45, 2.75) is 63.0 Å². The summed E-state index contributed by atoms with van der Waals surface area (Å²) in [5.41, 5.74) is 0.857. The van der Waals surface area contributed by atoms with Crippen LogP contribution in [0.15, 0.2) is 29.1 Å². The molecule has 10 heteroatoms. The van der Waals surface area contributed by atoms with Crippen LogP contribution in [0.25, 0.3) is 11.0 Å². The molecule has 2 saturated heterocycles. The molecule has 176 valence electrons. The average molecular weight is 454 g/mol. The number of methoxy groups -OCH3 is 1. The molecule has 0 saturated carbocycles. The number of benzene rings is 1. The number of piperidine rings is 2. The Bertz CT molecular complexity index is 1010. The number of hydrogen-bond donors (Lipinski definition) is 1. The molecule has 1 N–H and O–H groups in total. The molecular formula is C22H29F3N4O3. The number of aryl methyl sites for hydroxylation is 1. The number of para-hydroxylation sites is 2. The molecule has 32 heavy (non-hydrogen) atoms. The number of halogens is 3. The first-order valence-electron chi connectivity index (χ1n) is 11.1. The van der Waals surface area contributed by atoms with E-state index in [1.807, 2.05) is 6.07 Å². The number of nitrogens with one attached hydrogen (secondary N) is 1. The number of fused-ring (bicyclic) bond motifs is 1. The van der Waals surface area contributed by atoms with Crippen molar-refractivity contribution >= 4 is 17.0 Å². The van der Waals surface area contributed by atoms with Crippen molar-refractivity contribution in [3.63, 3.8) is 0 Å². The van der Waals surface area contributed by atoms with Crippen LogP contribution in [0.5, 0.6) is 0 Å². The van der Waals surface area contributed by atoms with Crippen molar-refractivity contribution in [1.29, 1.82) is 0 Å². The van der Waals surface area contributed by atoms with Crippen molar-refractivity contribution in [3.8, 4) is 0 Å². The van der Waals surface area contributed by atoms with Gasteiger partial charge in [-0.25, -0.2) is 4.79 Å². The number of hydrogen-bond acceptors (Lipinski definition) is 5. The number of alkyl halides is 3. The standard InChI is InChI=1S/C22H29F3N4O3/c1-32-20(30)17-14-16(6-10-26-17)27-11-7-15(8-12-27)29-19-5-3-2-4-18(19)28(21(29)31)13-9-22(23,24)25/h2-5,15-17,26H,6-14H2,1H3. The normalized spacial score (nSPS) is 23.5. The van der Waals surface area contributed by atoms with Gasteiger partial charge in [-0.05, 0) is 44.4 Å². The summed E-state index contributed by atoms with van der Waals surface area (Å²) in [5, 5.41) is 3.20. The van der Waals surface area contributed by atoms with Crippen LogP contribution in [0.4, 0.5) is 13.2 Å². The number of imidazole rings is 1. The van der Waals surface area contributed by atoms with Crippen LogP contribution in [0.2, 0.25) is 0 Å². The Labute approximate surface area is 184 Å². The fraction of sp³-hybridized carbons (Fsp3) is 0.636. The van der Waals surface area contributed by atoms with Gasteiger partial charge in [-0.2, -0.15) is 13.2 Å². The van der Waals surface area contributed by atoms with Crippen LogP contribution in [0, 0.1) is 0 Å². The Kier molecular flexibility index (Phi) is 6.62. The number of nitrogens with zero attached hydrogens (tertiary/aromatic N) is 3. The molecule has 1 aromatic carbocycles. The summed E-state index contributed by atoms with van der Waals surface area (Å²) in [6.45, 7) is 1.92. The summed E-state index contributed by atoms with van der Waals surface area (Å²) in [4.78, 5) is 27.4. The second-order valence-electron chi connectivity index (χ2n) is 8.63. The first kappa shape index (κ1) is 22.8. The second-order valence-corrected chi connectivity index (χ2v) is 8.63. The maximum absolute atomic E-state index is 13.1. The summed E-state index contributed by atoms with van der Waals surface area (Å²) in [5.74, 6) is -0.247. The number of ether oxygens (including phenoxy) is 1. The third-order valence-electron chi connectivity index (χ3n) is 6.73. The number of carbonyl (C=O) groups excluding carboxylic acids is 1. The van der Waals surface area contributed by atoms with Crippen LogP contribution < -0.4 is 11.0 Å². The lowest BCUT2D eigenvalue weighted by molar-refractivity contribution is -0.144. The number of carbonyl (C=O) groups is 1. The van der Waals surface area contributed by atoms with Crippen molar-refractivity contribution in [1.82, 2.24) is 19.4 Å². The van der Waals surface area contributed by atoms with Gasteiger partial charge in [-0.15, -0.1) is 0 Å². The minimum Gasteiger partial charge on any atom is -0.468 e. The fourth-order valence-electron chi connectivity index (χ4n) is 5.10. The lowest BCUT2D eigenvalue weighted by atomic mass is 9.94. The number of esters is 1. The predicted octanol–water partition coefficient (Wildman–Crippen LogP) is 2.69. The largest absolute Gasteiger partial charge is 0.468 e. The monoisotopic (exact) mass is 454 g/mol. The highest BCUT2D eigenvalue weighted by Crippen LogP contribution is 2.29. The van der Waals surface area contributed by atoms with E-state index in [1.165, 1.54) is 11.7 Å². The molecule has 3 heterocycles. The summed E-state index contributed by atoms with van der Waals surface area (Å²) >= 11 is 0. The van der Waals surface area contributed by atoms with Gasteiger partial charge in [0.2, 0.25) is 0 Å². The molecule has 7 nitrogen and oxygen atoms in total. The van der Waals surface area contributed by atoms with E-state index in [9.17, 15) is 22.8 Å². The van der Waals surface area contributed by atoms with E-state index in [1.54, 1.807) is 22.8 Å². The third-order valence-corrected chi connectivity index (χ3v) is 6.73. The van der Waals surface area contributed by atoms with E-state index >= 15 is 0 Å². The van der Waals surface area contributed by atoms with Gasteiger partial charge in [-0.1, -0.05) is 12.1 Å². The Hall–Kier alpha value is -2.33. The van der Waals surface area contributed by atoms with Crippen LogP contribution >= 0.6 is 0 Å². The molecular weight excluding hydrogens is 425 g/mol. The first-order chi connectivity index (χ1) is 15.3. The topological polar surface area (TPSA) is 68.5 Å². The minimum absolute atomic E-state index is 0.0612. The molecule has 2 fully saturated rings. The van der Waals surface area contributed by atoms with Gasteiger partial charge in [0.05, 0.1) is 24.6 Å². The number of rotatable bonds is 5. The average Bonchev–Trinajstić information content (AvgIpc) is 3.08. The molecule has 2 unspecified atom stereocenters. The third kappa shape index (κ3) is 4.71. The second kappa shape index (κ2) is 9.27. The van der Waals surface area contributed by atoms with E-state index in [0.717, 1.165) is 38.9 Å². The zero-order valence-electron chi connectivity index (χ0n) is 18.1. The Morgan fingerprint density at radius 3 is 2.47 bits per heavy atom. The SMILES string of the molecule is COC(=O)C1CC(N2CCC(n3c(=O)n(CCC(F)(F)F)c4ccccc43)CC2)CCN1. The van der Waals surface area contributed by atoms with E-state index in [-0.39, 0.29) is 36.3 Å². The van der Waals surface area contributed by atoms with Gasteiger partial charge in [0.25, 0.3) is 0 Å². The summed E-state index contributed by atoms with van der Waals surface area (Å²) in [6.07, 6.45) is -2.25. The molecule has 2 aliphatic rings. The van der Waals surface area contributed by atoms with Gasteiger partial charge >= 0.3 is 17.8 Å². The molecule has 0 amide bonds. The van der Waals surface area contributed by atoms with Gasteiger partial charge in [0.15, 0.2) is 0 Å². The molecule has 2 atom stereocenters. The molecule has 4 rings (SSSR count). The summed E-state index contributed by atoms with van der Waals surface area (Å²) in [7, 11) is 1.39. The van der Waals surface area contributed by atoms with Gasteiger partial charge in [-0.3, -0.25) is 13.9 Å². The summed E-state index contributed by atoms with van der Waals surface area (Å²) < 4.78 is 46.2. The summed E-state index contributed by atoms with van der Waals surface area (Å²) in [6, 6.07) is 6.98. The smallest absolute Gasteiger partial charge is 0.390 e. The highest BCUT2D eigenvalue weighted by molar-refractivity contribution is 5.76. The zero-order valence-corrected chi connectivity index (χ0v) is 18.1. The maximum Gasteiger partial charge on any atom is 0.390 e. The Morgan fingerprint density at radius 2 is 1.81 bits per heavy atom. The quantitative estimate of drug-likeness (QED) is 0.704. The molecule has 0 aliphatic carbocycles. The maximum atomic E-state index is 13.1. The number of aromatic nitrogens is 2. The van der Waals surface area contributed by atoms with E-state index in [4.69, 9.17) is 4.74 Å². The lowest BCUT2D eigenvalue weighted by Gasteiger charge is -2.41. The van der Waals surface area contributed by atoms with Crippen molar-refractivity contribution < 1.29 is 22.7 Å². The van der Waals surface area contributed by atoms with Crippen LogP contribution in [0.1, 0.15) is 38.1 Å². The van der Waals surface area contributed by atoms with Crippen molar-refractivity contribution in [2.24, 2.45) is 0 Å². The molecule has 0 spiro atoms. The zero-order chi connectivity index (χ0) is 22.9. The highest BCUT2D eigenvalue weighted by atomic mass is 19.4. The van der Waals surface area contributed by atoms with E-state index in [0.29, 0.717) is 17.5 Å². The van der Waals surface area contributed by atoms with E-state index in [2.05, 4.69) is 10.2 Å². The van der Waals surface area contributed by atoms with Crippen LogP contribution in [0.3, 0.4) is 0 Å². The Morgan fingerprint density at radius 1 is 1.12 bits per heavy atom. The van der Waals surface area contributed by atoms with Gasteiger partial charge in [0.1, 0.15) is 6.04 Å². The van der Waals surface area contributed by atoms with Crippen molar-refractivity contribution in [3.05, 3.63) is 34.7 Å². The minimum atomic E-state index is -4.31. The highest BCUT2D eigenvalue weighted by Gasteiger charge is 2.34. The molecule has 0 radical (unpaired) electrons. The van der Waals surface area contributed by atoms with Crippen molar-refractivity contribution in [2.75, 3.05) is 26.7 Å². The van der Waals surface area contributed by atoms with Crippen LogP contribution in [-0.4, -0.2) is 65.0 Å². The van der Waals surface area contributed by atoms with Gasteiger partial charge in [0, 0.05) is 31.7 Å². The molecule has 0 bridgehead atoms. The molecule has 1 aromatic heterocycles. The molecule has 2 aromatic rings. The predicted molar refractivity (Wildman–Crippen MR) is 114 cm³/mol. The van der Waals surface area contributed by atoms with Crippen LogP contribution in [-0.2, 0) is 16.1 Å². The first-order valence-corrected chi connectivity index (χ1v) is 11.1. The lowest BCUT2D eigenvalue weighted by Crippen LogP contribution is -2.53. The number of likely N-dealkylation sites (tertiary alicyclic amines) is 1. The van der Waals surface area contributed by atoms with E-state index < -0.39 is 12.6 Å².